The van der Waals surface area contributed by atoms with Crippen LogP contribution < -0.4 is 15.8 Å². The van der Waals surface area contributed by atoms with Gasteiger partial charge in [0.15, 0.2) is 0 Å². The summed E-state index contributed by atoms with van der Waals surface area (Å²) in [5.74, 6) is 1.64. The first-order chi connectivity index (χ1) is 8.54. The van der Waals surface area contributed by atoms with Gasteiger partial charge in [0.25, 0.3) is 0 Å². The first-order valence-corrected chi connectivity index (χ1v) is 5.69. The minimum atomic E-state index is 0.0589. The zero-order valence-corrected chi connectivity index (χ0v) is 10.7. The number of hydrogen-bond donors (Lipinski definition) is 3. The van der Waals surface area contributed by atoms with E-state index in [9.17, 15) is 0 Å². The average molecular weight is 269 g/mol. The van der Waals surface area contributed by atoms with Gasteiger partial charge in [0.05, 0.1) is 12.3 Å². The molecule has 8 heteroatoms. The Balaban J connectivity index is 2.08. The van der Waals surface area contributed by atoms with E-state index in [1.807, 2.05) is 13.8 Å². The van der Waals surface area contributed by atoms with E-state index < -0.39 is 0 Å². The molecular formula is C10H13ClN6O. The molecule has 2 aromatic heterocycles. The van der Waals surface area contributed by atoms with Crippen molar-refractivity contribution in [2.75, 3.05) is 11.1 Å². The highest BCUT2D eigenvalue weighted by Gasteiger charge is 2.06. The minimum absolute atomic E-state index is 0.0589. The summed E-state index contributed by atoms with van der Waals surface area (Å²) in [5, 5.41) is 9.94. The van der Waals surface area contributed by atoms with Crippen molar-refractivity contribution >= 4 is 29.2 Å². The maximum absolute atomic E-state index is 5.73. The Bertz CT molecular complexity index is 541. The molecule has 0 aliphatic heterocycles. The molecule has 96 valence electrons. The van der Waals surface area contributed by atoms with E-state index in [1.54, 1.807) is 6.07 Å². The molecule has 4 N–H and O–H groups in total. The molecule has 0 spiro atoms. The Kier molecular flexibility index (Phi) is 3.52. The van der Waals surface area contributed by atoms with Gasteiger partial charge in [0.2, 0.25) is 11.8 Å². The molecule has 0 aromatic carbocycles. The zero-order valence-electron chi connectivity index (χ0n) is 9.94. The predicted molar refractivity (Wildman–Crippen MR) is 69.1 cm³/mol. The quantitative estimate of drug-likeness (QED) is 0.783. The maximum Gasteiger partial charge on any atom is 0.234 e. The van der Waals surface area contributed by atoms with Crippen LogP contribution in [0.15, 0.2) is 12.3 Å². The molecule has 0 aliphatic carbocycles. The van der Waals surface area contributed by atoms with E-state index in [0.717, 1.165) is 0 Å². The maximum atomic E-state index is 5.73. The summed E-state index contributed by atoms with van der Waals surface area (Å²) in [6, 6.07) is 1.70. The molecule has 0 bridgehead atoms. The Hall–Kier alpha value is -2.02. The number of H-pyrrole nitrogens is 1. The molecule has 0 saturated carbocycles. The van der Waals surface area contributed by atoms with E-state index in [2.05, 4.69) is 25.5 Å². The lowest BCUT2D eigenvalue weighted by Crippen LogP contribution is -2.05. The lowest BCUT2D eigenvalue weighted by Gasteiger charge is -2.04. The Labute approximate surface area is 109 Å². The number of anilines is 3. The van der Waals surface area contributed by atoms with Gasteiger partial charge in [0.1, 0.15) is 16.7 Å². The van der Waals surface area contributed by atoms with Crippen LogP contribution in [0.1, 0.15) is 13.8 Å². The fourth-order valence-electron chi connectivity index (χ4n) is 1.23. The van der Waals surface area contributed by atoms with Crippen LogP contribution in [-0.2, 0) is 0 Å². The number of halogens is 1. The highest BCUT2D eigenvalue weighted by molar-refractivity contribution is 6.32. The van der Waals surface area contributed by atoms with Crippen LogP contribution in [0, 0.1) is 0 Å². The van der Waals surface area contributed by atoms with Crippen LogP contribution in [0.5, 0.6) is 5.88 Å². The Morgan fingerprint density at radius 1 is 1.50 bits per heavy atom. The first kappa shape index (κ1) is 12.4. The smallest absolute Gasteiger partial charge is 0.234 e. The molecule has 7 nitrogen and oxygen atoms in total. The molecular weight excluding hydrogens is 256 g/mol. The molecule has 2 aromatic rings. The number of ether oxygens (including phenoxy) is 1. The lowest BCUT2D eigenvalue weighted by molar-refractivity contribution is 0.232. The van der Waals surface area contributed by atoms with Gasteiger partial charge in [-0.3, -0.25) is 5.10 Å². The van der Waals surface area contributed by atoms with E-state index in [-0.39, 0.29) is 11.9 Å². The van der Waals surface area contributed by atoms with Gasteiger partial charge in [-0.2, -0.15) is 4.98 Å². The minimum Gasteiger partial charge on any atom is -0.474 e. The van der Waals surface area contributed by atoms with Crippen molar-refractivity contribution in [1.29, 1.82) is 0 Å². The number of aromatic nitrogens is 4. The highest BCUT2D eigenvalue weighted by Crippen LogP contribution is 2.19. The summed E-state index contributed by atoms with van der Waals surface area (Å²) in [7, 11) is 0. The number of hydrogen-bond acceptors (Lipinski definition) is 6. The number of aromatic amines is 1. The van der Waals surface area contributed by atoms with E-state index >= 15 is 0 Å². The van der Waals surface area contributed by atoms with Crippen molar-refractivity contribution in [1.82, 2.24) is 20.2 Å². The van der Waals surface area contributed by atoms with Gasteiger partial charge >= 0.3 is 0 Å². The predicted octanol–water partition coefficient (Wildman–Crippen LogP) is 1.97. The molecule has 0 aliphatic rings. The van der Waals surface area contributed by atoms with Crippen molar-refractivity contribution in [2.45, 2.75) is 20.0 Å². The Morgan fingerprint density at radius 2 is 2.28 bits per heavy atom. The van der Waals surface area contributed by atoms with Gasteiger partial charge < -0.3 is 15.8 Å². The topological polar surface area (TPSA) is 102 Å². The number of rotatable bonds is 4. The van der Waals surface area contributed by atoms with E-state index in [1.165, 1.54) is 6.20 Å². The Morgan fingerprint density at radius 3 is 2.94 bits per heavy atom. The normalized spacial score (nSPS) is 10.7. The fraction of sp³-hybridized carbons (Fsp3) is 0.300. The summed E-state index contributed by atoms with van der Waals surface area (Å²) in [5.41, 5.74) is 5.57. The molecule has 0 radical (unpaired) electrons. The SMILES string of the molecule is CC(C)Oc1cc(Nc2ncc(Cl)c(N)n2)[nH]n1. The average Bonchev–Trinajstić information content (AvgIpc) is 2.70. The van der Waals surface area contributed by atoms with Gasteiger partial charge in [-0.1, -0.05) is 11.6 Å². The van der Waals surface area contributed by atoms with Crippen LogP contribution in [-0.4, -0.2) is 26.3 Å². The van der Waals surface area contributed by atoms with Crippen LogP contribution in [0.25, 0.3) is 0 Å². The fourth-order valence-corrected chi connectivity index (χ4v) is 1.32. The van der Waals surface area contributed by atoms with Gasteiger partial charge in [-0.25, -0.2) is 4.98 Å². The first-order valence-electron chi connectivity index (χ1n) is 5.31. The van der Waals surface area contributed by atoms with Crippen molar-refractivity contribution in [2.24, 2.45) is 0 Å². The van der Waals surface area contributed by atoms with Crippen molar-refractivity contribution in [3.05, 3.63) is 17.3 Å². The van der Waals surface area contributed by atoms with Crippen molar-refractivity contribution in [3.8, 4) is 5.88 Å². The summed E-state index contributed by atoms with van der Waals surface area (Å²) in [4.78, 5) is 7.96. The highest BCUT2D eigenvalue weighted by atomic mass is 35.5. The molecule has 18 heavy (non-hydrogen) atoms. The largest absolute Gasteiger partial charge is 0.474 e. The third-order valence-electron chi connectivity index (χ3n) is 1.93. The lowest BCUT2D eigenvalue weighted by atomic mass is 10.5. The monoisotopic (exact) mass is 268 g/mol. The zero-order chi connectivity index (χ0) is 13.1. The third-order valence-corrected chi connectivity index (χ3v) is 2.22. The van der Waals surface area contributed by atoms with E-state index in [0.29, 0.717) is 22.7 Å². The summed E-state index contributed by atoms with van der Waals surface area (Å²) in [6.07, 6.45) is 1.48. The molecule has 0 amide bonds. The molecule has 0 fully saturated rings. The third kappa shape index (κ3) is 3.01. The van der Waals surface area contributed by atoms with Crippen LogP contribution in [0.3, 0.4) is 0 Å². The summed E-state index contributed by atoms with van der Waals surface area (Å²) >= 11 is 5.73. The number of nitrogens with zero attached hydrogens (tertiary/aromatic N) is 3. The molecule has 2 heterocycles. The second-order valence-electron chi connectivity index (χ2n) is 3.84. The summed E-state index contributed by atoms with van der Waals surface area (Å²) in [6.45, 7) is 3.84. The van der Waals surface area contributed by atoms with Crippen LogP contribution in [0.4, 0.5) is 17.6 Å². The van der Waals surface area contributed by atoms with E-state index in [4.69, 9.17) is 22.1 Å². The standard InChI is InChI=1S/C10H13ClN6O/c1-5(2)18-8-3-7(16-17-8)14-10-13-4-6(11)9(12)15-10/h3-5H,1-2H3,(H4,12,13,14,15,16,17). The molecule has 0 unspecified atom stereocenters. The van der Waals surface area contributed by atoms with Crippen LogP contribution >= 0.6 is 11.6 Å². The summed E-state index contributed by atoms with van der Waals surface area (Å²) < 4.78 is 5.41. The van der Waals surface area contributed by atoms with Crippen LogP contribution in [0.2, 0.25) is 5.02 Å². The molecule has 0 saturated heterocycles. The number of nitrogens with two attached hydrogens (primary N) is 1. The van der Waals surface area contributed by atoms with Gasteiger partial charge in [-0.15, -0.1) is 5.10 Å². The second kappa shape index (κ2) is 5.09. The number of nitrogen functional groups attached to an aromatic ring is 1. The molecule has 2 rings (SSSR count). The second-order valence-corrected chi connectivity index (χ2v) is 4.25. The van der Waals surface area contributed by atoms with Crippen molar-refractivity contribution < 1.29 is 4.74 Å². The molecule has 0 atom stereocenters. The van der Waals surface area contributed by atoms with Gasteiger partial charge in [-0.05, 0) is 13.8 Å². The van der Waals surface area contributed by atoms with Crippen molar-refractivity contribution in [3.63, 3.8) is 0 Å². The van der Waals surface area contributed by atoms with Gasteiger partial charge in [0, 0.05) is 6.07 Å². The number of nitrogens with one attached hydrogen (secondary N) is 2.